The molecule has 0 spiro atoms. The van der Waals surface area contributed by atoms with Gasteiger partial charge in [0.25, 0.3) is 5.91 Å². The van der Waals surface area contributed by atoms with E-state index in [1.165, 1.54) is 0 Å². The fraction of sp³-hybridized carbons (Fsp3) is 0.579. The first kappa shape index (κ1) is 17.0. The van der Waals surface area contributed by atoms with Crippen LogP contribution in [-0.2, 0) is 4.79 Å². The highest BCUT2D eigenvalue weighted by Gasteiger charge is 2.29. The summed E-state index contributed by atoms with van der Waals surface area (Å²) >= 11 is 0. The number of nitrogens with one attached hydrogen (secondary N) is 2. The fourth-order valence-electron chi connectivity index (χ4n) is 3.26. The van der Waals surface area contributed by atoms with Crippen molar-refractivity contribution >= 4 is 17.5 Å². The quantitative estimate of drug-likeness (QED) is 0.843. The minimum absolute atomic E-state index is 0.0939. The average molecular weight is 329 g/mol. The van der Waals surface area contributed by atoms with Crippen LogP contribution in [0.1, 0.15) is 49.4 Å². The van der Waals surface area contributed by atoms with Crippen molar-refractivity contribution in [2.75, 3.05) is 25.0 Å². The smallest absolute Gasteiger partial charge is 0.254 e. The summed E-state index contributed by atoms with van der Waals surface area (Å²) in [6.45, 7) is 4.86. The Balaban J connectivity index is 1.66. The van der Waals surface area contributed by atoms with Gasteiger partial charge < -0.3 is 15.5 Å². The third-order valence-electron chi connectivity index (χ3n) is 4.82. The van der Waals surface area contributed by atoms with Crippen molar-refractivity contribution in [3.05, 3.63) is 29.8 Å². The van der Waals surface area contributed by atoms with Crippen LogP contribution in [0.4, 0.5) is 5.69 Å². The van der Waals surface area contributed by atoms with Gasteiger partial charge in [0.15, 0.2) is 0 Å². The normalized spacial score (nSPS) is 18.2. The van der Waals surface area contributed by atoms with Crippen LogP contribution in [0.2, 0.25) is 0 Å². The number of amides is 2. The predicted molar refractivity (Wildman–Crippen MR) is 95.0 cm³/mol. The van der Waals surface area contributed by atoms with Crippen LogP contribution in [0.15, 0.2) is 24.3 Å². The van der Waals surface area contributed by atoms with Crippen molar-refractivity contribution in [3.63, 3.8) is 0 Å². The van der Waals surface area contributed by atoms with Crippen molar-refractivity contribution in [1.29, 1.82) is 0 Å². The summed E-state index contributed by atoms with van der Waals surface area (Å²) in [5.41, 5.74) is 1.47. The molecule has 1 heterocycles. The lowest BCUT2D eigenvalue weighted by Gasteiger charge is -2.34. The molecule has 2 aliphatic rings. The van der Waals surface area contributed by atoms with E-state index in [2.05, 4.69) is 17.6 Å². The van der Waals surface area contributed by atoms with Crippen LogP contribution in [0.5, 0.6) is 0 Å². The van der Waals surface area contributed by atoms with Gasteiger partial charge in [0.1, 0.15) is 0 Å². The number of hydrogen-bond donors (Lipinski definition) is 2. The second kappa shape index (κ2) is 7.79. The first-order valence-electron chi connectivity index (χ1n) is 9.11. The lowest BCUT2D eigenvalue weighted by Crippen LogP contribution is -2.46. The van der Waals surface area contributed by atoms with Gasteiger partial charge in [-0.15, -0.1) is 0 Å². The van der Waals surface area contributed by atoms with Crippen molar-refractivity contribution < 1.29 is 9.59 Å². The molecule has 0 radical (unpaired) electrons. The van der Waals surface area contributed by atoms with E-state index in [1.807, 2.05) is 29.2 Å². The van der Waals surface area contributed by atoms with Crippen LogP contribution < -0.4 is 10.6 Å². The summed E-state index contributed by atoms with van der Waals surface area (Å²) in [6.07, 6.45) is 4.98. The summed E-state index contributed by atoms with van der Waals surface area (Å²) in [6, 6.07) is 7.65. The molecule has 130 valence electrons. The summed E-state index contributed by atoms with van der Waals surface area (Å²) in [5, 5.41) is 6.27. The zero-order valence-corrected chi connectivity index (χ0v) is 14.4. The lowest BCUT2D eigenvalue weighted by molar-refractivity contribution is -0.117. The molecule has 1 saturated heterocycles. The predicted octanol–water partition coefficient (Wildman–Crippen LogP) is 2.64. The molecule has 2 fully saturated rings. The number of carbonyl (C=O) groups excluding carboxylic acids is 2. The SMILES string of the molecule is CCCN(C(=O)c1ccc(NC(=O)C2CC2)cc1)C1CCNCC1. The molecule has 24 heavy (non-hydrogen) atoms. The Hall–Kier alpha value is -1.88. The minimum Gasteiger partial charge on any atom is -0.336 e. The van der Waals surface area contributed by atoms with Gasteiger partial charge in [-0.25, -0.2) is 0 Å². The molecule has 3 rings (SSSR count). The number of piperidine rings is 1. The molecule has 5 heteroatoms. The van der Waals surface area contributed by atoms with Gasteiger partial charge in [0.2, 0.25) is 5.91 Å². The van der Waals surface area contributed by atoms with E-state index >= 15 is 0 Å². The molecule has 1 saturated carbocycles. The topological polar surface area (TPSA) is 61.4 Å². The molecule has 0 atom stereocenters. The van der Waals surface area contributed by atoms with E-state index in [4.69, 9.17) is 0 Å². The molecular formula is C19H27N3O2. The molecule has 1 aliphatic carbocycles. The van der Waals surface area contributed by atoms with Crippen molar-refractivity contribution in [2.24, 2.45) is 5.92 Å². The zero-order chi connectivity index (χ0) is 16.9. The van der Waals surface area contributed by atoms with Gasteiger partial charge in [0.05, 0.1) is 0 Å². The first-order valence-corrected chi connectivity index (χ1v) is 9.11. The highest BCUT2D eigenvalue weighted by atomic mass is 16.2. The van der Waals surface area contributed by atoms with E-state index in [9.17, 15) is 9.59 Å². The highest BCUT2D eigenvalue weighted by molar-refractivity contribution is 5.97. The van der Waals surface area contributed by atoms with Crippen LogP contribution in [0.3, 0.4) is 0 Å². The van der Waals surface area contributed by atoms with Gasteiger partial charge >= 0.3 is 0 Å². The monoisotopic (exact) mass is 329 g/mol. The zero-order valence-electron chi connectivity index (χ0n) is 14.4. The molecule has 2 amide bonds. The number of rotatable bonds is 6. The summed E-state index contributed by atoms with van der Waals surface area (Å²) < 4.78 is 0. The van der Waals surface area contributed by atoms with Crippen molar-refractivity contribution in [2.45, 2.75) is 45.1 Å². The number of anilines is 1. The standard InChI is InChI=1S/C19H27N3O2/c1-2-13-22(17-9-11-20-12-10-17)19(24)15-5-7-16(8-6-15)21-18(23)14-3-4-14/h5-8,14,17,20H,2-4,9-13H2,1H3,(H,21,23). The number of hydrogen-bond acceptors (Lipinski definition) is 3. The maximum atomic E-state index is 12.9. The van der Waals surface area contributed by atoms with Gasteiger partial charge in [-0.1, -0.05) is 6.92 Å². The van der Waals surface area contributed by atoms with Crippen LogP contribution in [0.25, 0.3) is 0 Å². The maximum absolute atomic E-state index is 12.9. The Morgan fingerprint density at radius 1 is 1.12 bits per heavy atom. The molecule has 2 N–H and O–H groups in total. The molecular weight excluding hydrogens is 302 g/mol. The Kier molecular flexibility index (Phi) is 5.51. The lowest BCUT2D eigenvalue weighted by atomic mass is 10.0. The second-order valence-electron chi connectivity index (χ2n) is 6.82. The molecule has 0 unspecified atom stereocenters. The molecule has 1 aromatic rings. The Labute approximate surface area is 143 Å². The second-order valence-corrected chi connectivity index (χ2v) is 6.82. The molecule has 1 aromatic carbocycles. The Morgan fingerprint density at radius 3 is 2.38 bits per heavy atom. The summed E-state index contributed by atoms with van der Waals surface area (Å²) in [7, 11) is 0. The van der Waals surface area contributed by atoms with Crippen LogP contribution in [-0.4, -0.2) is 42.4 Å². The summed E-state index contributed by atoms with van der Waals surface area (Å²) in [5.74, 6) is 0.381. The molecule has 5 nitrogen and oxygen atoms in total. The molecule has 0 bridgehead atoms. The number of nitrogens with zero attached hydrogens (tertiary/aromatic N) is 1. The largest absolute Gasteiger partial charge is 0.336 e. The third-order valence-corrected chi connectivity index (χ3v) is 4.82. The highest BCUT2D eigenvalue weighted by Crippen LogP contribution is 2.30. The number of benzene rings is 1. The van der Waals surface area contributed by atoms with E-state index < -0.39 is 0 Å². The van der Waals surface area contributed by atoms with Crippen LogP contribution in [0, 0.1) is 5.92 Å². The Bertz CT molecular complexity index is 575. The molecule has 0 aromatic heterocycles. The van der Waals surface area contributed by atoms with Crippen molar-refractivity contribution in [3.8, 4) is 0 Å². The van der Waals surface area contributed by atoms with Gasteiger partial charge in [-0.3, -0.25) is 9.59 Å². The minimum atomic E-state index is 0.0939. The first-order chi connectivity index (χ1) is 11.7. The maximum Gasteiger partial charge on any atom is 0.254 e. The van der Waals surface area contributed by atoms with Crippen LogP contribution >= 0.6 is 0 Å². The molecule has 1 aliphatic heterocycles. The van der Waals surface area contributed by atoms with E-state index in [0.29, 0.717) is 11.6 Å². The van der Waals surface area contributed by atoms with E-state index in [0.717, 1.165) is 57.4 Å². The van der Waals surface area contributed by atoms with Gasteiger partial charge in [-0.05, 0) is 69.5 Å². The number of carbonyl (C=O) groups is 2. The Morgan fingerprint density at radius 2 is 1.79 bits per heavy atom. The third kappa shape index (κ3) is 4.15. The van der Waals surface area contributed by atoms with Gasteiger partial charge in [0, 0.05) is 29.8 Å². The summed E-state index contributed by atoms with van der Waals surface area (Å²) in [4.78, 5) is 26.7. The fourth-order valence-corrected chi connectivity index (χ4v) is 3.26. The van der Waals surface area contributed by atoms with E-state index in [1.54, 1.807) is 0 Å². The van der Waals surface area contributed by atoms with Gasteiger partial charge in [-0.2, -0.15) is 0 Å². The average Bonchev–Trinajstić information content (AvgIpc) is 3.46. The van der Waals surface area contributed by atoms with Crippen molar-refractivity contribution in [1.82, 2.24) is 10.2 Å². The van der Waals surface area contributed by atoms with E-state index in [-0.39, 0.29) is 17.7 Å².